The predicted octanol–water partition coefficient (Wildman–Crippen LogP) is 0.681. The fourth-order valence-corrected chi connectivity index (χ4v) is 2.45. The maximum atomic E-state index is 12.0. The molecule has 1 amide bonds. The first kappa shape index (κ1) is 16.5. The van der Waals surface area contributed by atoms with Gasteiger partial charge in [-0.2, -0.15) is 5.10 Å². The zero-order valence-electron chi connectivity index (χ0n) is 13.4. The standard InChI is InChI=1S/C15H23N3O4/c1-11-8-12(2)18(16-11)5-4-15(20)22-10-14(19)17-6-7-21-13(3)9-17/h8,13H,4-7,9-10H2,1-3H3. The molecule has 2 heterocycles. The minimum absolute atomic E-state index is 0.0273. The van der Waals surface area contributed by atoms with Crippen molar-refractivity contribution in [1.82, 2.24) is 14.7 Å². The first-order valence-electron chi connectivity index (χ1n) is 7.51. The first-order valence-corrected chi connectivity index (χ1v) is 7.51. The van der Waals surface area contributed by atoms with E-state index in [1.807, 2.05) is 26.8 Å². The maximum absolute atomic E-state index is 12.0. The lowest BCUT2D eigenvalue weighted by Crippen LogP contribution is -2.46. The van der Waals surface area contributed by atoms with Crippen molar-refractivity contribution in [2.45, 2.75) is 39.8 Å². The smallest absolute Gasteiger partial charge is 0.308 e. The van der Waals surface area contributed by atoms with E-state index in [2.05, 4.69) is 5.10 Å². The minimum Gasteiger partial charge on any atom is -0.456 e. The van der Waals surface area contributed by atoms with Crippen LogP contribution in [0.1, 0.15) is 24.7 Å². The van der Waals surface area contributed by atoms with E-state index in [0.717, 1.165) is 11.4 Å². The average Bonchev–Trinajstić information content (AvgIpc) is 2.80. The van der Waals surface area contributed by atoms with Crippen LogP contribution in [0.15, 0.2) is 6.07 Å². The number of ether oxygens (including phenoxy) is 2. The summed E-state index contributed by atoms with van der Waals surface area (Å²) in [7, 11) is 0. The van der Waals surface area contributed by atoms with Crippen LogP contribution in [0.5, 0.6) is 0 Å². The van der Waals surface area contributed by atoms with E-state index < -0.39 is 0 Å². The lowest BCUT2D eigenvalue weighted by Gasteiger charge is -2.30. The topological polar surface area (TPSA) is 73.7 Å². The Morgan fingerprint density at radius 1 is 1.45 bits per heavy atom. The monoisotopic (exact) mass is 309 g/mol. The van der Waals surface area contributed by atoms with Crippen LogP contribution in [0, 0.1) is 13.8 Å². The highest BCUT2D eigenvalue weighted by Gasteiger charge is 2.22. The Hall–Kier alpha value is -1.89. The van der Waals surface area contributed by atoms with Crippen molar-refractivity contribution < 1.29 is 19.1 Å². The third-order valence-electron chi connectivity index (χ3n) is 3.58. The summed E-state index contributed by atoms with van der Waals surface area (Å²) < 4.78 is 12.2. The first-order chi connectivity index (χ1) is 10.5. The van der Waals surface area contributed by atoms with E-state index in [-0.39, 0.29) is 31.0 Å². The third-order valence-corrected chi connectivity index (χ3v) is 3.58. The SMILES string of the molecule is Cc1cc(C)n(CCC(=O)OCC(=O)N2CCOC(C)C2)n1. The van der Waals surface area contributed by atoms with Crippen molar-refractivity contribution in [1.29, 1.82) is 0 Å². The molecule has 0 N–H and O–H groups in total. The molecule has 1 aliphatic rings. The van der Waals surface area contributed by atoms with Crippen molar-refractivity contribution in [2.24, 2.45) is 0 Å². The number of aryl methyl sites for hydroxylation is 3. The Kier molecular flexibility index (Phi) is 5.54. The van der Waals surface area contributed by atoms with Gasteiger partial charge < -0.3 is 14.4 Å². The van der Waals surface area contributed by atoms with Gasteiger partial charge in [-0.15, -0.1) is 0 Å². The van der Waals surface area contributed by atoms with Gasteiger partial charge in [0.25, 0.3) is 5.91 Å². The summed E-state index contributed by atoms with van der Waals surface area (Å²) in [5.41, 5.74) is 1.92. The highest BCUT2D eigenvalue weighted by molar-refractivity contribution is 5.80. The maximum Gasteiger partial charge on any atom is 0.308 e. The minimum atomic E-state index is -0.387. The van der Waals surface area contributed by atoms with Crippen LogP contribution in [-0.4, -0.2) is 59.0 Å². The van der Waals surface area contributed by atoms with Gasteiger partial charge in [-0.1, -0.05) is 0 Å². The molecular formula is C15H23N3O4. The van der Waals surface area contributed by atoms with Crippen molar-refractivity contribution in [3.8, 4) is 0 Å². The molecule has 1 aromatic rings. The molecular weight excluding hydrogens is 286 g/mol. The van der Waals surface area contributed by atoms with Gasteiger partial charge >= 0.3 is 5.97 Å². The van der Waals surface area contributed by atoms with Crippen LogP contribution in [0.4, 0.5) is 0 Å². The van der Waals surface area contributed by atoms with Gasteiger partial charge in [-0.3, -0.25) is 14.3 Å². The van der Waals surface area contributed by atoms with Crippen LogP contribution in [0.2, 0.25) is 0 Å². The lowest BCUT2D eigenvalue weighted by molar-refractivity contribution is -0.155. The van der Waals surface area contributed by atoms with E-state index >= 15 is 0 Å². The molecule has 1 saturated heterocycles. The Morgan fingerprint density at radius 3 is 2.86 bits per heavy atom. The quantitative estimate of drug-likeness (QED) is 0.748. The lowest BCUT2D eigenvalue weighted by atomic mass is 10.3. The number of aromatic nitrogens is 2. The zero-order chi connectivity index (χ0) is 16.1. The number of carbonyl (C=O) groups is 2. The van der Waals surface area contributed by atoms with Gasteiger partial charge in [-0.05, 0) is 26.8 Å². The molecule has 2 rings (SSSR count). The van der Waals surface area contributed by atoms with E-state index in [1.165, 1.54) is 0 Å². The number of carbonyl (C=O) groups excluding carboxylic acids is 2. The summed E-state index contributed by atoms with van der Waals surface area (Å²) in [5.74, 6) is -0.558. The van der Waals surface area contributed by atoms with Gasteiger partial charge in [0.15, 0.2) is 6.61 Å². The van der Waals surface area contributed by atoms with Gasteiger partial charge in [-0.25, -0.2) is 0 Å². The molecule has 7 nitrogen and oxygen atoms in total. The average molecular weight is 309 g/mol. The van der Waals surface area contributed by atoms with Gasteiger partial charge in [0, 0.05) is 18.8 Å². The molecule has 0 bridgehead atoms. The number of hydrogen-bond donors (Lipinski definition) is 0. The Balaban J connectivity index is 1.71. The summed E-state index contributed by atoms with van der Waals surface area (Å²) in [6.07, 6.45) is 0.230. The molecule has 0 aliphatic carbocycles. The number of nitrogens with zero attached hydrogens (tertiary/aromatic N) is 3. The van der Waals surface area contributed by atoms with Gasteiger partial charge in [0.2, 0.25) is 0 Å². The van der Waals surface area contributed by atoms with Crippen molar-refractivity contribution in [3.05, 3.63) is 17.5 Å². The molecule has 1 fully saturated rings. The molecule has 1 aliphatic heterocycles. The molecule has 0 spiro atoms. The summed E-state index contributed by atoms with van der Waals surface area (Å²) in [6.45, 7) is 7.63. The number of hydrogen-bond acceptors (Lipinski definition) is 5. The molecule has 7 heteroatoms. The second-order valence-corrected chi connectivity index (χ2v) is 5.58. The van der Waals surface area contributed by atoms with E-state index in [1.54, 1.807) is 9.58 Å². The Morgan fingerprint density at radius 2 is 2.23 bits per heavy atom. The Labute approximate surface area is 130 Å². The largest absolute Gasteiger partial charge is 0.456 e. The molecule has 1 aromatic heterocycles. The highest BCUT2D eigenvalue weighted by Crippen LogP contribution is 2.06. The fourth-order valence-electron chi connectivity index (χ4n) is 2.45. The van der Waals surface area contributed by atoms with Crippen molar-refractivity contribution in [2.75, 3.05) is 26.3 Å². The predicted molar refractivity (Wildman–Crippen MR) is 79.3 cm³/mol. The van der Waals surface area contributed by atoms with Crippen LogP contribution >= 0.6 is 0 Å². The highest BCUT2D eigenvalue weighted by atomic mass is 16.5. The molecule has 0 aromatic carbocycles. The van der Waals surface area contributed by atoms with E-state index in [4.69, 9.17) is 9.47 Å². The summed E-state index contributed by atoms with van der Waals surface area (Å²) >= 11 is 0. The Bertz CT molecular complexity index is 541. The number of morpholine rings is 1. The van der Waals surface area contributed by atoms with Crippen molar-refractivity contribution >= 4 is 11.9 Å². The molecule has 122 valence electrons. The van der Waals surface area contributed by atoms with Crippen LogP contribution in [0.25, 0.3) is 0 Å². The van der Waals surface area contributed by atoms with Crippen LogP contribution in [0.3, 0.4) is 0 Å². The van der Waals surface area contributed by atoms with Crippen molar-refractivity contribution in [3.63, 3.8) is 0 Å². The summed E-state index contributed by atoms with van der Waals surface area (Å²) in [6, 6.07) is 1.95. The second kappa shape index (κ2) is 7.40. The number of esters is 1. The van der Waals surface area contributed by atoms with Gasteiger partial charge in [0.05, 0.1) is 31.4 Å². The second-order valence-electron chi connectivity index (χ2n) is 5.58. The normalized spacial score (nSPS) is 18.3. The summed E-state index contributed by atoms with van der Waals surface area (Å²) in [4.78, 5) is 25.4. The number of rotatable bonds is 5. The third kappa shape index (κ3) is 4.56. The molecule has 1 atom stereocenters. The zero-order valence-corrected chi connectivity index (χ0v) is 13.4. The van der Waals surface area contributed by atoms with Crippen LogP contribution in [-0.2, 0) is 25.6 Å². The van der Waals surface area contributed by atoms with Gasteiger partial charge in [0.1, 0.15) is 0 Å². The molecule has 1 unspecified atom stereocenters. The fraction of sp³-hybridized carbons (Fsp3) is 0.667. The van der Waals surface area contributed by atoms with E-state index in [0.29, 0.717) is 26.2 Å². The summed E-state index contributed by atoms with van der Waals surface area (Å²) in [5, 5.41) is 4.28. The van der Waals surface area contributed by atoms with Crippen LogP contribution < -0.4 is 0 Å². The number of amides is 1. The van der Waals surface area contributed by atoms with E-state index in [9.17, 15) is 9.59 Å². The molecule has 0 saturated carbocycles. The molecule has 22 heavy (non-hydrogen) atoms. The molecule has 0 radical (unpaired) electrons.